The summed E-state index contributed by atoms with van der Waals surface area (Å²) in [5.74, 6) is 3.25. The van der Waals surface area contributed by atoms with Crippen LogP contribution in [0.3, 0.4) is 0 Å². The SMILES string of the molecule is CC1CCCN1C(=O)c1cc(C2CC2)c(OCC23CC4CC(CC(C4)C2)C3)cc1F. The number of amides is 1. The quantitative estimate of drug-likeness (QED) is 0.602. The van der Waals surface area contributed by atoms with Gasteiger partial charge in [0.05, 0.1) is 12.2 Å². The van der Waals surface area contributed by atoms with Gasteiger partial charge >= 0.3 is 0 Å². The van der Waals surface area contributed by atoms with Crippen molar-refractivity contribution < 1.29 is 13.9 Å². The number of rotatable bonds is 5. The van der Waals surface area contributed by atoms with Gasteiger partial charge in [0.15, 0.2) is 0 Å². The van der Waals surface area contributed by atoms with Gasteiger partial charge in [-0.25, -0.2) is 4.39 Å². The van der Waals surface area contributed by atoms with Gasteiger partial charge in [0.25, 0.3) is 5.91 Å². The van der Waals surface area contributed by atoms with E-state index in [1.165, 1.54) is 44.6 Å². The number of benzene rings is 1. The van der Waals surface area contributed by atoms with Crippen molar-refractivity contribution in [2.75, 3.05) is 13.2 Å². The fourth-order valence-corrected chi connectivity index (χ4v) is 7.66. The van der Waals surface area contributed by atoms with Crippen LogP contribution in [0.2, 0.25) is 0 Å². The number of ether oxygens (including phenoxy) is 1. The highest BCUT2D eigenvalue weighted by Crippen LogP contribution is 2.60. The average molecular weight is 412 g/mol. The van der Waals surface area contributed by atoms with E-state index in [4.69, 9.17) is 4.74 Å². The van der Waals surface area contributed by atoms with Crippen LogP contribution < -0.4 is 4.74 Å². The molecule has 6 aliphatic rings. The van der Waals surface area contributed by atoms with Crippen LogP contribution in [0.25, 0.3) is 0 Å². The van der Waals surface area contributed by atoms with Crippen molar-refractivity contribution in [3.63, 3.8) is 0 Å². The lowest BCUT2D eigenvalue weighted by molar-refractivity contribution is -0.0747. The van der Waals surface area contributed by atoms with Crippen LogP contribution in [0.4, 0.5) is 4.39 Å². The molecule has 30 heavy (non-hydrogen) atoms. The highest BCUT2D eigenvalue weighted by atomic mass is 19.1. The van der Waals surface area contributed by atoms with E-state index in [0.29, 0.717) is 17.1 Å². The average Bonchev–Trinajstić information content (AvgIpc) is 3.45. The first-order valence-electron chi connectivity index (χ1n) is 12.3. The van der Waals surface area contributed by atoms with Crippen LogP contribution in [-0.2, 0) is 0 Å². The Morgan fingerprint density at radius 1 is 1.10 bits per heavy atom. The van der Waals surface area contributed by atoms with Crippen LogP contribution in [0.5, 0.6) is 5.75 Å². The predicted octanol–water partition coefficient (Wildman–Crippen LogP) is 5.92. The zero-order valence-corrected chi connectivity index (χ0v) is 18.2. The summed E-state index contributed by atoms with van der Waals surface area (Å²) in [4.78, 5) is 14.9. The highest BCUT2D eigenvalue weighted by molar-refractivity contribution is 5.95. The molecule has 1 unspecified atom stereocenters. The molecule has 0 aromatic heterocycles. The van der Waals surface area contributed by atoms with Gasteiger partial charge in [-0.2, -0.15) is 0 Å². The largest absolute Gasteiger partial charge is 0.493 e. The standard InChI is InChI=1S/C26H34FNO2/c1-16-3-2-6-28(16)25(29)22-10-21(20-4-5-20)24(11-23(22)27)30-15-26-12-17-7-18(13-26)9-19(8-17)14-26/h10-11,16-20H,2-9,12-15H2,1H3. The minimum absolute atomic E-state index is 0.146. The maximum Gasteiger partial charge on any atom is 0.257 e. The maximum absolute atomic E-state index is 15.1. The normalized spacial score (nSPS) is 37.1. The zero-order chi connectivity index (χ0) is 20.5. The third-order valence-corrected chi connectivity index (χ3v) is 8.86. The van der Waals surface area contributed by atoms with E-state index in [1.807, 2.05) is 11.0 Å². The van der Waals surface area contributed by atoms with Crippen molar-refractivity contribution in [1.82, 2.24) is 4.90 Å². The van der Waals surface area contributed by atoms with Crippen LogP contribution in [-0.4, -0.2) is 30.0 Å². The lowest BCUT2D eigenvalue weighted by Gasteiger charge is -2.56. The molecule has 5 saturated carbocycles. The van der Waals surface area contributed by atoms with Crippen LogP contribution in [0.15, 0.2) is 12.1 Å². The number of hydrogen-bond donors (Lipinski definition) is 0. The molecule has 1 saturated heterocycles. The van der Waals surface area contributed by atoms with Gasteiger partial charge < -0.3 is 9.64 Å². The van der Waals surface area contributed by atoms with E-state index >= 15 is 4.39 Å². The third kappa shape index (κ3) is 3.26. The monoisotopic (exact) mass is 411 g/mol. The number of halogens is 1. The molecule has 7 rings (SSSR count). The van der Waals surface area contributed by atoms with E-state index in [9.17, 15) is 4.79 Å². The fourth-order valence-electron chi connectivity index (χ4n) is 7.66. The van der Waals surface area contributed by atoms with Crippen molar-refractivity contribution in [2.24, 2.45) is 23.2 Å². The molecule has 1 amide bonds. The Bertz CT molecular complexity index is 826. The second-order valence-corrected chi connectivity index (χ2v) is 11.3. The van der Waals surface area contributed by atoms with Crippen LogP contribution >= 0.6 is 0 Å². The first-order valence-corrected chi connectivity index (χ1v) is 12.3. The second-order valence-electron chi connectivity index (χ2n) is 11.3. The minimum atomic E-state index is -0.413. The van der Waals surface area contributed by atoms with Crippen molar-refractivity contribution in [3.05, 3.63) is 29.1 Å². The first-order chi connectivity index (χ1) is 14.5. The van der Waals surface area contributed by atoms with Crippen molar-refractivity contribution >= 4 is 5.91 Å². The summed E-state index contributed by atoms with van der Waals surface area (Å²) >= 11 is 0. The summed E-state index contributed by atoms with van der Waals surface area (Å²) < 4.78 is 21.5. The topological polar surface area (TPSA) is 29.5 Å². The molecule has 1 aliphatic heterocycles. The van der Waals surface area contributed by atoms with Gasteiger partial charge in [-0.3, -0.25) is 4.79 Å². The molecule has 1 aromatic rings. The highest BCUT2D eigenvalue weighted by Gasteiger charge is 2.51. The van der Waals surface area contributed by atoms with Gasteiger partial charge in [0, 0.05) is 24.1 Å². The molecular weight excluding hydrogens is 377 g/mol. The maximum atomic E-state index is 15.1. The van der Waals surface area contributed by atoms with Gasteiger partial charge in [-0.15, -0.1) is 0 Å². The fraction of sp³-hybridized carbons (Fsp3) is 0.731. The second kappa shape index (κ2) is 6.97. The van der Waals surface area contributed by atoms with E-state index in [-0.39, 0.29) is 17.5 Å². The number of carbonyl (C=O) groups excluding carboxylic acids is 1. The first kappa shape index (κ1) is 19.1. The summed E-state index contributed by atoms with van der Waals surface area (Å²) in [5, 5.41) is 0. The molecular formula is C26H34FNO2. The van der Waals surface area contributed by atoms with Crippen LogP contribution in [0.1, 0.15) is 93.0 Å². The molecule has 1 heterocycles. The number of nitrogens with zero attached hydrogens (tertiary/aromatic N) is 1. The molecule has 5 aliphatic carbocycles. The lowest BCUT2D eigenvalue weighted by Crippen LogP contribution is -2.48. The summed E-state index contributed by atoms with van der Waals surface area (Å²) in [6, 6.07) is 3.56. The van der Waals surface area contributed by atoms with Gasteiger partial charge in [-0.1, -0.05) is 0 Å². The number of hydrogen-bond acceptors (Lipinski definition) is 2. The minimum Gasteiger partial charge on any atom is -0.493 e. The molecule has 6 fully saturated rings. The van der Waals surface area contributed by atoms with E-state index in [1.54, 1.807) is 0 Å². The molecule has 3 nitrogen and oxygen atoms in total. The predicted molar refractivity (Wildman–Crippen MR) is 114 cm³/mol. The molecule has 0 radical (unpaired) electrons. The van der Waals surface area contributed by atoms with Crippen molar-refractivity contribution in [1.29, 1.82) is 0 Å². The summed E-state index contributed by atoms with van der Waals surface area (Å²) in [6.07, 6.45) is 12.4. The van der Waals surface area contributed by atoms with Gasteiger partial charge in [-0.05, 0) is 106 Å². The summed E-state index contributed by atoms with van der Waals surface area (Å²) in [6.45, 7) is 3.53. The molecule has 1 atom stereocenters. The Morgan fingerprint density at radius 3 is 2.33 bits per heavy atom. The van der Waals surface area contributed by atoms with Crippen molar-refractivity contribution in [3.8, 4) is 5.75 Å². The zero-order valence-electron chi connectivity index (χ0n) is 18.2. The molecule has 162 valence electrons. The van der Waals surface area contributed by atoms with Crippen molar-refractivity contribution in [2.45, 2.75) is 83.1 Å². The molecule has 4 bridgehead atoms. The lowest BCUT2D eigenvalue weighted by atomic mass is 9.50. The summed E-state index contributed by atoms with van der Waals surface area (Å²) in [7, 11) is 0. The summed E-state index contributed by atoms with van der Waals surface area (Å²) in [5.41, 5.74) is 1.62. The Morgan fingerprint density at radius 2 is 1.77 bits per heavy atom. The Labute approximate surface area is 179 Å². The smallest absolute Gasteiger partial charge is 0.257 e. The molecule has 0 N–H and O–H groups in total. The molecule has 4 heteroatoms. The Hall–Kier alpha value is -1.58. The van der Waals surface area contributed by atoms with E-state index < -0.39 is 5.82 Å². The number of carbonyl (C=O) groups is 1. The van der Waals surface area contributed by atoms with Gasteiger partial charge in [0.2, 0.25) is 0 Å². The molecule has 1 aromatic carbocycles. The van der Waals surface area contributed by atoms with E-state index in [0.717, 1.165) is 62.2 Å². The Kier molecular flexibility index (Phi) is 4.44. The molecule has 0 spiro atoms. The van der Waals surface area contributed by atoms with E-state index in [2.05, 4.69) is 6.92 Å². The van der Waals surface area contributed by atoms with Crippen LogP contribution in [0, 0.1) is 29.0 Å². The third-order valence-electron chi connectivity index (χ3n) is 8.86. The number of likely N-dealkylation sites (tertiary alicyclic amines) is 1. The Balaban J connectivity index is 1.24. The van der Waals surface area contributed by atoms with Gasteiger partial charge in [0.1, 0.15) is 11.6 Å².